The lowest BCUT2D eigenvalue weighted by Crippen LogP contribution is -2.09. The molecule has 4 aromatic carbocycles. The van der Waals surface area contributed by atoms with Crippen LogP contribution in [0.4, 0.5) is 4.39 Å². The summed E-state index contributed by atoms with van der Waals surface area (Å²) in [7, 11) is 1.79. The van der Waals surface area contributed by atoms with Gasteiger partial charge in [0.05, 0.1) is 22.8 Å². The van der Waals surface area contributed by atoms with Gasteiger partial charge in [0.2, 0.25) is 0 Å². The van der Waals surface area contributed by atoms with Crippen molar-refractivity contribution in [3.05, 3.63) is 111 Å². The Morgan fingerprint density at radius 2 is 1.90 bits per heavy atom. The van der Waals surface area contributed by atoms with Gasteiger partial charge in [0.1, 0.15) is 17.3 Å². The van der Waals surface area contributed by atoms with Crippen LogP contribution in [-0.4, -0.2) is 32.0 Å². The molecule has 0 spiro atoms. The molecule has 10 heteroatoms. The molecule has 3 heterocycles. The number of halogens is 2. The van der Waals surface area contributed by atoms with Crippen LogP contribution in [-0.2, 0) is 37.9 Å². The summed E-state index contributed by atoms with van der Waals surface area (Å²) < 4.78 is 24.5. The molecule has 0 bridgehead atoms. The number of benzene rings is 4. The van der Waals surface area contributed by atoms with Crippen LogP contribution in [0.15, 0.2) is 65.6 Å². The lowest BCUT2D eigenvalue weighted by atomic mass is 9.97. The Labute approximate surface area is 299 Å². The molecule has 1 aliphatic rings. The average molecular weight is 714 g/mol. The maximum absolute atomic E-state index is 14.3. The third-order valence-corrected chi connectivity index (χ3v) is 11.1. The summed E-state index contributed by atoms with van der Waals surface area (Å²) >= 11 is 13.2. The Morgan fingerprint density at radius 1 is 1.08 bits per heavy atom. The second-order valence-corrected chi connectivity index (χ2v) is 14.5. The first-order valence-corrected chi connectivity index (χ1v) is 18.4. The van der Waals surface area contributed by atoms with E-state index in [1.54, 1.807) is 29.4 Å². The molecular weight excluding hydrogens is 677 g/mol. The van der Waals surface area contributed by atoms with Crippen molar-refractivity contribution in [3.8, 4) is 16.9 Å². The number of carbonyl (C=O) groups is 1. The van der Waals surface area contributed by atoms with Crippen LogP contribution in [0.2, 0.25) is 5.02 Å². The summed E-state index contributed by atoms with van der Waals surface area (Å²) in [6.07, 6.45) is 2.95. The maximum atomic E-state index is 14.3. The van der Waals surface area contributed by atoms with Crippen molar-refractivity contribution < 1.29 is 19.0 Å². The van der Waals surface area contributed by atoms with Gasteiger partial charge in [-0.15, -0.1) is 11.8 Å². The molecule has 0 aliphatic carbocycles. The number of aromatic carboxylic acids is 1. The predicted molar refractivity (Wildman–Crippen MR) is 200 cm³/mol. The number of hydrogen-bond acceptors (Lipinski definition) is 5. The van der Waals surface area contributed by atoms with E-state index in [4.69, 9.17) is 21.4 Å². The van der Waals surface area contributed by atoms with E-state index >= 15 is 0 Å². The van der Waals surface area contributed by atoms with Crippen LogP contribution in [0.1, 0.15) is 57.0 Å². The van der Waals surface area contributed by atoms with Gasteiger partial charge >= 0.3 is 5.97 Å². The number of carboxylic acid groups (broad SMARTS) is 1. The molecule has 252 valence electrons. The van der Waals surface area contributed by atoms with Crippen molar-refractivity contribution in [1.29, 1.82) is 0 Å². The van der Waals surface area contributed by atoms with E-state index in [0.717, 1.165) is 79.8 Å². The highest BCUT2D eigenvalue weighted by Crippen LogP contribution is 2.43. The Kier molecular flexibility index (Phi) is 9.43. The van der Waals surface area contributed by atoms with E-state index in [9.17, 15) is 14.3 Å². The SMILES string of the molecule is Cc1ccc(CSc2cc(OCCCc3c(C(=O)O)n(C)c4c(-c5c(CS)nn6c5CCC6)c(Cl)ccc34)c3ccc(F)cc3c2)c(C)c1. The van der Waals surface area contributed by atoms with E-state index in [-0.39, 0.29) is 11.5 Å². The number of rotatable bonds is 11. The van der Waals surface area contributed by atoms with Crippen LogP contribution in [0, 0.1) is 19.7 Å². The van der Waals surface area contributed by atoms with Gasteiger partial charge in [-0.2, -0.15) is 17.7 Å². The van der Waals surface area contributed by atoms with Gasteiger partial charge < -0.3 is 14.4 Å². The van der Waals surface area contributed by atoms with Gasteiger partial charge in [-0.05, 0) is 98.0 Å². The number of carboxylic acids is 1. The first kappa shape index (κ1) is 33.6. The molecule has 6 nitrogen and oxygen atoms in total. The number of nitrogens with zero attached hydrogens (tertiary/aromatic N) is 3. The van der Waals surface area contributed by atoms with E-state index in [0.29, 0.717) is 36.0 Å². The summed E-state index contributed by atoms with van der Waals surface area (Å²) in [6, 6.07) is 19.0. The lowest BCUT2D eigenvalue weighted by Gasteiger charge is -2.13. The molecule has 1 aliphatic heterocycles. The molecule has 0 radical (unpaired) electrons. The average Bonchev–Trinajstić information content (AvgIpc) is 3.74. The van der Waals surface area contributed by atoms with Crippen molar-refractivity contribution >= 4 is 63.6 Å². The van der Waals surface area contributed by atoms with Crippen molar-refractivity contribution in [1.82, 2.24) is 14.3 Å². The third kappa shape index (κ3) is 6.33. The minimum absolute atomic E-state index is 0.237. The second kappa shape index (κ2) is 13.8. The zero-order chi connectivity index (χ0) is 34.4. The van der Waals surface area contributed by atoms with Gasteiger partial charge in [0, 0.05) is 57.6 Å². The van der Waals surface area contributed by atoms with E-state index in [1.165, 1.54) is 28.8 Å². The maximum Gasteiger partial charge on any atom is 0.352 e. The van der Waals surface area contributed by atoms with E-state index in [1.807, 2.05) is 28.9 Å². The molecule has 7 rings (SSSR count). The highest BCUT2D eigenvalue weighted by atomic mass is 35.5. The highest BCUT2D eigenvalue weighted by molar-refractivity contribution is 7.98. The van der Waals surface area contributed by atoms with Crippen LogP contribution in [0.3, 0.4) is 0 Å². The van der Waals surface area contributed by atoms with E-state index < -0.39 is 5.97 Å². The number of thioether (sulfide) groups is 1. The van der Waals surface area contributed by atoms with Crippen molar-refractivity contribution in [2.45, 2.75) is 62.5 Å². The molecule has 0 atom stereocenters. The molecule has 0 saturated carbocycles. The predicted octanol–water partition coefficient (Wildman–Crippen LogP) is 9.98. The highest BCUT2D eigenvalue weighted by Gasteiger charge is 2.29. The lowest BCUT2D eigenvalue weighted by molar-refractivity contribution is 0.0685. The largest absolute Gasteiger partial charge is 0.493 e. The third-order valence-electron chi connectivity index (χ3n) is 9.50. The van der Waals surface area contributed by atoms with Gasteiger partial charge in [-0.25, -0.2) is 9.18 Å². The molecule has 2 aromatic heterocycles. The zero-order valence-corrected chi connectivity index (χ0v) is 30.1. The van der Waals surface area contributed by atoms with Crippen LogP contribution < -0.4 is 4.74 Å². The Hall–Kier alpha value is -3.92. The molecular formula is C39H37ClFN3O3S2. The minimum Gasteiger partial charge on any atom is -0.493 e. The number of ether oxygens (including phenoxy) is 1. The quantitative estimate of drug-likeness (QED) is 0.0795. The van der Waals surface area contributed by atoms with Crippen LogP contribution in [0.25, 0.3) is 32.8 Å². The van der Waals surface area contributed by atoms with Crippen molar-refractivity contribution in [3.63, 3.8) is 0 Å². The summed E-state index contributed by atoms with van der Waals surface area (Å²) in [6.45, 7) is 5.42. The summed E-state index contributed by atoms with van der Waals surface area (Å²) in [5.74, 6) is 0.632. The van der Waals surface area contributed by atoms with Gasteiger partial charge in [-0.1, -0.05) is 41.4 Å². The fraction of sp³-hybridized carbons (Fsp3) is 0.282. The standard InChI is InChI=1S/C39H37ClFN3O3S2/c1-22-8-9-24(23(2)16-22)21-49-27-18-25-17-26(41)10-11-28(25)34(19-27)47-15-5-6-29-30-12-13-31(40)35(37(30)43(3)38(29)39(45)46)36-32(20-48)42-44-14-4-7-33(36)44/h8-13,16-19,48H,4-7,14-15,20-21H2,1-3H3,(H,45,46). The van der Waals surface area contributed by atoms with Crippen LogP contribution >= 0.6 is 36.0 Å². The molecule has 0 amide bonds. The van der Waals surface area contributed by atoms with Gasteiger partial charge in [0.25, 0.3) is 0 Å². The van der Waals surface area contributed by atoms with Crippen LogP contribution in [0.5, 0.6) is 5.75 Å². The van der Waals surface area contributed by atoms with Gasteiger partial charge in [0.15, 0.2) is 0 Å². The second-order valence-electron chi connectivity index (χ2n) is 12.7. The first-order valence-electron chi connectivity index (χ1n) is 16.4. The van der Waals surface area contributed by atoms with Crippen molar-refractivity contribution in [2.75, 3.05) is 6.61 Å². The topological polar surface area (TPSA) is 69.3 Å². The minimum atomic E-state index is -0.993. The summed E-state index contributed by atoms with van der Waals surface area (Å²) in [5, 5.41) is 18.2. The molecule has 6 aromatic rings. The fourth-order valence-corrected chi connectivity index (χ4v) is 8.75. The zero-order valence-electron chi connectivity index (χ0n) is 27.6. The fourth-order valence-electron chi connectivity index (χ4n) is 7.23. The molecule has 0 unspecified atom stereocenters. The first-order chi connectivity index (χ1) is 23.6. The Morgan fingerprint density at radius 3 is 2.67 bits per heavy atom. The summed E-state index contributed by atoms with van der Waals surface area (Å²) in [4.78, 5) is 13.7. The Balaban J connectivity index is 1.17. The number of fused-ring (bicyclic) bond motifs is 3. The van der Waals surface area contributed by atoms with Gasteiger partial charge in [-0.3, -0.25) is 4.68 Å². The normalized spacial score (nSPS) is 12.7. The number of aryl methyl sites for hydroxylation is 5. The smallest absolute Gasteiger partial charge is 0.352 e. The number of hydrogen-bond donors (Lipinski definition) is 2. The molecule has 0 saturated heterocycles. The number of aromatic nitrogens is 3. The molecule has 0 fully saturated rings. The summed E-state index contributed by atoms with van der Waals surface area (Å²) in [5.41, 5.74) is 9.25. The monoisotopic (exact) mass is 713 g/mol. The Bertz CT molecular complexity index is 2260. The number of thiol groups is 1. The van der Waals surface area contributed by atoms with Crippen molar-refractivity contribution in [2.24, 2.45) is 7.05 Å². The molecule has 1 N–H and O–H groups in total. The molecule has 49 heavy (non-hydrogen) atoms. The van der Waals surface area contributed by atoms with E-state index in [2.05, 4.69) is 44.7 Å².